The molecule has 160 valence electrons. The molecule has 1 fully saturated rings. The molecule has 0 radical (unpaired) electrons. The van der Waals surface area contributed by atoms with Crippen LogP contribution in [0.5, 0.6) is 0 Å². The Kier molecular flexibility index (Phi) is 5.63. The van der Waals surface area contributed by atoms with Gasteiger partial charge in [0.05, 0.1) is 5.69 Å². The molecule has 0 unspecified atom stereocenters. The maximum absolute atomic E-state index is 13.3. The third-order valence-electron chi connectivity index (χ3n) is 5.43. The number of hydrogen-bond donors (Lipinski definition) is 2. The second-order valence-electron chi connectivity index (χ2n) is 8.87. The quantitative estimate of drug-likeness (QED) is 0.613. The molecule has 1 aliphatic carbocycles. The van der Waals surface area contributed by atoms with Gasteiger partial charge in [-0.05, 0) is 63.3 Å². The molecular weight excluding hydrogens is 388 g/mol. The van der Waals surface area contributed by atoms with Crippen LogP contribution in [-0.4, -0.2) is 27.0 Å². The van der Waals surface area contributed by atoms with E-state index in [1.807, 2.05) is 45.0 Å². The van der Waals surface area contributed by atoms with E-state index < -0.39 is 0 Å². The Labute approximate surface area is 182 Å². The first kappa shape index (κ1) is 20.8. The number of benzene rings is 2. The monoisotopic (exact) mass is 416 g/mol. The molecule has 0 saturated heterocycles. The van der Waals surface area contributed by atoms with Gasteiger partial charge in [-0.25, -0.2) is 4.98 Å². The van der Waals surface area contributed by atoms with Crippen molar-refractivity contribution in [1.82, 2.24) is 14.9 Å². The Balaban J connectivity index is 1.61. The van der Waals surface area contributed by atoms with E-state index in [0.717, 1.165) is 24.8 Å². The van der Waals surface area contributed by atoms with Gasteiger partial charge in [-0.15, -0.1) is 0 Å². The number of carbonyl (C=O) groups is 1. The van der Waals surface area contributed by atoms with Crippen molar-refractivity contribution in [3.05, 3.63) is 88.0 Å². The molecule has 0 bridgehead atoms. The largest absolute Gasteiger partial charge is 0.360 e. The van der Waals surface area contributed by atoms with E-state index in [2.05, 4.69) is 27.8 Å². The van der Waals surface area contributed by atoms with E-state index >= 15 is 0 Å². The molecule has 0 aliphatic heterocycles. The average molecular weight is 417 g/mol. The number of nitrogens with zero attached hydrogens (tertiary/aromatic N) is 2. The lowest BCUT2D eigenvalue weighted by atomic mass is 9.95. The van der Waals surface area contributed by atoms with E-state index in [1.165, 1.54) is 5.56 Å². The molecule has 1 saturated carbocycles. The Morgan fingerprint density at radius 2 is 1.90 bits per heavy atom. The second-order valence-corrected chi connectivity index (χ2v) is 8.87. The summed E-state index contributed by atoms with van der Waals surface area (Å²) in [5.74, 6) is 0.184. The summed E-state index contributed by atoms with van der Waals surface area (Å²) in [6.07, 6.45) is 6.06. The van der Waals surface area contributed by atoms with E-state index in [4.69, 9.17) is 0 Å². The first-order valence-electron chi connectivity index (χ1n) is 10.6. The minimum Gasteiger partial charge on any atom is -0.360 e. The average Bonchev–Trinajstić information content (AvgIpc) is 3.54. The molecule has 6 heteroatoms. The van der Waals surface area contributed by atoms with Crippen LogP contribution in [0.15, 0.2) is 65.7 Å². The fraction of sp³-hybridized carbons (Fsp3) is 0.320. The number of carbonyl (C=O) groups excluding carboxylic acids is 1. The Morgan fingerprint density at radius 3 is 2.61 bits per heavy atom. The van der Waals surface area contributed by atoms with E-state index in [1.54, 1.807) is 29.1 Å². The standard InChI is InChI=1S/C25H28N4O2/c1-17-9-10-19(23(30)27-20-11-12-20)15-21(17)29-14-13-26-22(24(29)31)28-25(2,3)16-18-7-5-4-6-8-18/h4-10,13-15,20H,11-12,16H2,1-3H3,(H,26,28)(H,27,30). The minimum absolute atomic E-state index is 0.104. The van der Waals surface area contributed by atoms with Gasteiger partial charge in [0.15, 0.2) is 5.82 Å². The molecule has 1 aromatic heterocycles. The van der Waals surface area contributed by atoms with Gasteiger partial charge in [-0.3, -0.25) is 14.2 Å². The number of rotatable bonds is 7. The van der Waals surface area contributed by atoms with Crippen molar-refractivity contribution in [2.24, 2.45) is 0 Å². The molecule has 0 spiro atoms. The van der Waals surface area contributed by atoms with Crippen LogP contribution in [0.2, 0.25) is 0 Å². The zero-order valence-corrected chi connectivity index (χ0v) is 18.2. The maximum Gasteiger partial charge on any atom is 0.297 e. The van der Waals surface area contributed by atoms with Gasteiger partial charge in [-0.1, -0.05) is 36.4 Å². The molecular formula is C25H28N4O2. The van der Waals surface area contributed by atoms with Gasteiger partial charge >= 0.3 is 0 Å². The molecule has 2 N–H and O–H groups in total. The lowest BCUT2D eigenvalue weighted by Crippen LogP contribution is -2.37. The number of hydrogen-bond acceptors (Lipinski definition) is 4. The minimum atomic E-state index is -0.367. The van der Waals surface area contributed by atoms with Crippen LogP contribution in [0.3, 0.4) is 0 Å². The number of aromatic nitrogens is 2. The highest BCUT2D eigenvalue weighted by atomic mass is 16.2. The van der Waals surface area contributed by atoms with E-state index in [9.17, 15) is 9.59 Å². The smallest absolute Gasteiger partial charge is 0.297 e. The summed E-state index contributed by atoms with van der Waals surface area (Å²) < 4.78 is 1.55. The highest BCUT2D eigenvalue weighted by Gasteiger charge is 2.24. The third kappa shape index (κ3) is 5.02. The molecule has 1 aliphatic rings. The van der Waals surface area contributed by atoms with Crippen molar-refractivity contribution in [2.75, 3.05) is 5.32 Å². The predicted octanol–water partition coefficient (Wildman–Crippen LogP) is 3.87. The van der Waals surface area contributed by atoms with Gasteiger partial charge in [-0.2, -0.15) is 0 Å². The van der Waals surface area contributed by atoms with Crippen molar-refractivity contribution in [3.63, 3.8) is 0 Å². The Hall–Kier alpha value is -3.41. The molecule has 4 rings (SSSR count). The molecule has 1 amide bonds. The normalized spacial score (nSPS) is 13.6. The number of anilines is 1. The summed E-state index contributed by atoms with van der Waals surface area (Å²) in [5, 5.41) is 6.31. The Morgan fingerprint density at radius 1 is 1.16 bits per heavy atom. The summed E-state index contributed by atoms with van der Waals surface area (Å²) in [6, 6.07) is 15.9. The van der Waals surface area contributed by atoms with Crippen molar-refractivity contribution >= 4 is 11.7 Å². The predicted molar refractivity (Wildman–Crippen MR) is 123 cm³/mol. The highest BCUT2D eigenvalue weighted by molar-refractivity contribution is 5.95. The second kappa shape index (κ2) is 8.38. The SMILES string of the molecule is Cc1ccc(C(=O)NC2CC2)cc1-n1ccnc(NC(C)(C)Cc2ccccc2)c1=O. The molecule has 6 nitrogen and oxygen atoms in total. The van der Waals surface area contributed by atoms with Crippen LogP contribution in [0.1, 0.15) is 48.2 Å². The van der Waals surface area contributed by atoms with Gasteiger partial charge in [0.25, 0.3) is 11.5 Å². The van der Waals surface area contributed by atoms with Crippen LogP contribution in [-0.2, 0) is 6.42 Å². The number of nitrogens with one attached hydrogen (secondary N) is 2. The highest BCUT2D eigenvalue weighted by Crippen LogP contribution is 2.21. The lowest BCUT2D eigenvalue weighted by molar-refractivity contribution is 0.0951. The van der Waals surface area contributed by atoms with Crippen LogP contribution in [0, 0.1) is 6.92 Å². The van der Waals surface area contributed by atoms with Crippen molar-refractivity contribution < 1.29 is 4.79 Å². The van der Waals surface area contributed by atoms with Crippen molar-refractivity contribution in [3.8, 4) is 5.69 Å². The van der Waals surface area contributed by atoms with E-state index in [0.29, 0.717) is 11.3 Å². The molecule has 0 atom stereocenters. The first-order valence-corrected chi connectivity index (χ1v) is 10.6. The third-order valence-corrected chi connectivity index (χ3v) is 5.43. The lowest BCUT2D eigenvalue weighted by Gasteiger charge is -2.27. The first-order chi connectivity index (χ1) is 14.8. The fourth-order valence-electron chi connectivity index (χ4n) is 3.66. The van der Waals surface area contributed by atoms with Gasteiger partial charge < -0.3 is 10.6 Å². The van der Waals surface area contributed by atoms with Gasteiger partial charge in [0.2, 0.25) is 0 Å². The summed E-state index contributed by atoms with van der Waals surface area (Å²) in [7, 11) is 0. The molecule has 2 aromatic carbocycles. The zero-order valence-electron chi connectivity index (χ0n) is 18.2. The Bertz CT molecular complexity index is 1150. The van der Waals surface area contributed by atoms with Crippen molar-refractivity contribution in [1.29, 1.82) is 0 Å². The fourth-order valence-corrected chi connectivity index (χ4v) is 3.66. The molecule has 3 aromatic rings. The molecule has 1 heterocycles. The number of amides is 1. The topological polar surface area (TPSA) is 76.0 Å². The summed E-state index contributed by atoms with van der Waals surface area (Å²) in [4.78, 5) is 30.0. The van der Waals surface area contributed by atoms with Gasteiger partial charge in [0, 0.05) is 29.5 Å². The maximum atomic E-state index is 13.3. The summed E-state index contributed by atoms with van der Waals surface area (Å²) in [5.41, 5.74) is 2.71. The summed E-state index contributed by atoms with van der Waals surface area (Å²) >= 11 is 0. The van der Waals surface area contributed by atoms with Crippen LogP contribution in [0.4, 0.5) is 5.82 Å². The van der Waals surface area contributed by atoms with Crippen molar-refractivity contribution in [2.45, 2.75) is 51.6 Å². The van der Waals surface area contributed by atoms with E-state index in [-0.39, 0.29) is 28.9 Å². The zero-order chi connectivity index (χ0) is 22.0. The van der Waals surface area contributed by atoms with Crippen LogP contribution >= 0.6 is 0 Å². The van der Waals surface area contributed by atoms with Crippen LogP contribution in [0.25, 0.3) is 5.69 Å². The summed E-state index contributed by atoms with van der Waals surface area (Å²) in [6.45, 7) is 6.02. The molecule has 31 heavy (non-hydrogen) atoms. The van der Waals surface area contributed by atoms with Gasteiger partial charge in [0.1, 0.15) is 0 Å². The number of aryl methyl sites for hydroxylation is 1. The van der Waals surface area contributed by atoms with Crippen LogP contribution < -0.4 is 16.2 Å².